The Morgan fingerprint density at radius 1 is 1.08 bits per heavy atom. The van der Waals surface area contributed by atoms with E-state index in [1.165, 1.54) is 25.7 Å². The molecule has 5 heteroatoms. The number of hydrogen-bond acceptors (Lipinski definition) is 3. The van der Waals surface area contributed by atoms with E-state index in [0.717, 1.165) is 25.4 Å². The maximum atomic E-state index is 12.3. The van der Waals surface area contributed by atoms with Gasteiger partial charge >= 0.3 is 0 Å². The zero-order valence-corrected chi connectivity index (χ0v) is 14.1. The van der Waals surface area contributed by atoms with Crippen LogP contribution in [0.15, 0.2) is 30.3 Å². The van der Waals surface area contributed by atoms with Crippen molar-refractivity contribution in [3.63, 3.8) is 0 Å². The zero-order chi connectivity index (χ0) is 16.8. The van der Waals surface area contributed by atoms with Crippen LogP contribution in [-0.4, -0.2) is 43.0 Å². The largest absolute Gasteiger partial charge is 0.484 e. The molecule has 2 aliphatic rings. The number of rotatable bonds is 5. The van der Waals surface area contributed by atoms with Gasteiger partial charge < -0.3 is 15.0 Å². The molecule has 1 saturated carbocycles. The Morgan fingerprint density at radius 3 is 2.62 bits per heavy atom. The number of amides is 2. The fourth-order valence-corrected chi connectivity index (χ4v) is 3.83. The van der Waals surface area contributed by atoms with E-state index in [0.29, 0.717) is 11.7 Å². The van der Waals surface area contributed by atoms with Crippen LogP contribution in [0.5, 0.6) is 5.75 Å². The second-order valence-electron chi connectivity index (χ2n) is 6.81. The lowest BCUT2D eigenvalue weighted by molar-refractivity contribution is -0.135. The maximum Gasteiger partial charge on any atom is 0.258 e. The van der Waals surface area contributed by atoms with Gasteiger partial charge in [-0.3, -0.25) is 9.59 Å². The van der Waals surface area contributed by atoms with Crippen LogP contribution in [0.25, 0.3) is 0 Å². The van der Waals surface area contributed by atoms with Crippen LogP contribution in [-0.2, 0) is 9.59 Å². The molecule has 1 aliphatic carbocycles. The van der Waals surface area contributed by atoms with Gasteiger partial charge in [0, 0.05) is 13.1 Å². The fraction of sp³-hybridized carbons (Fsp3) is 0.579. The topological polar surface area (TPSA) is 58.6 Å². The van der Waals surface area contributed by atoms with E-state index >= 15 is 0 Å². The van der Waals surface area contributed by atoms with Crippen LogP contribution in [0.3, 0.4) is 0 Å². The molecule has 5 nitrogen and oxygen atoms in total. The third-order valence-corrected chi connectivity index (χ3v) is 5.19. The first-order chi connectivity index (χ1) is 11.7. The second kappa shape index (κ2) is 8.18. The van der Waals surface area contributed by atoms with Crippen LogP contribution in [0.2, 0.25) is 0 Å². The van der Waals surface area contributed by atoms with E-state index in [1.807, 2.05) is 23.1 Å². The number of likely N-dealkylation sites (tertiary alicyclic amines) is 1. The van der Waals surface area contributed by atoms with Crippen LogP contribution in [0, 0.1) is 11.8 Å². The van der Waals surface area contributed by atoms with Gasteiger partial charge in [0.05, 0.1) is 6.54 Å². The number of piperidine rings is 1. The molecule has 0 spiro atoms. The molecule has 24 heavy (non-hydrogen) atoms. The summed E-state index contributed by atoms with van der Waals surface area (Å²) in [6.45, 7) is 1.69. The van der Waals surface area contributed by atoms with E-state index in [4.69, 9.17) is 4.74 Å². The Balaban J connectivity index is 1.38. The third-order valence-electron chi connectivity index (χ3n) is 5.19. The van der Waals surface area contributed by atoms with E-state index < -0.39 is 0 Å². The number of benzene rings is 1. The molecule has 0 aromatic heterocycles. The minimum Gasteiger partial charge on any atom is -0.484 e. The second-order valence-corrected chi connectivity index (χ2v) is 6.81. The third kappa shape index (κ3) is 4.49. The summed E-state index contributed by atoms with van der Waals surface area (Å²) < 4.78 is 5.38. The molecule has 2 amide bonds. The predicted molar refractivity (Wildman–Crippen MR) is 91.6 cm³/mol. The summed E-state index contributed by atoms with van der Waals surface area (Å²) in [5.74, 6) is 1.87. The van der Waals surface area contributed by atoms with Gasteiger partial charge in [-0.05, 0) is 36.8 Å². The first kappa shape index (κ1) is 16.8. The highest BCUT2D eigenvalue weighted by atomic mass is 16.5. The molecular formula is C19H26N2O3. The number of fused-ring (bicyclic) bond motifs is 1. The molecule has 2 unspecified atom stereocenters. The summed E-state index contributed by atoms with van der Waals surface area (Å²) in [4.78, 5) is 26.1. The minimum atomic E-state index is -0.264. The molecule has 0 radical (unpaired) electrons. The summed E-state index contributed by atoms with van der Waals surface area (Å²) in [6.07, 6.45) is 6.30. The smallest absolute Gasteiger partial charge is 0.258 e. The van der Waals surface area contributed by atoms with E-state index in [9.17, 15) is 9.59 Å². The Bertz CT molecular complexity index is 561. The highest BCUT2D eigenvalue weighted by Gasteiger charge is 2.32. The number of carbonyl (C=O) groups excluding carboxylic acids is 2. The predicted octanol–water partition coefficient (Wildman–Crippen LogP) is 2.22. The van der Waals surface area contributed by atoms with Crippen molar-refractivity contribution in [1.82, 2.24) is 10.2 Å². The van der Waals surface area contributed by atoms with Crippen molar-refractivity contribution in [2.75, 3.05) is 26.2 Å². The van der Waals surface area contributed by atoms with Crippen molar-refractivity contribution in [2.45, 2.75) is 32.1 Å². The Labute approximate surface area is 143 Å². The molecule has 0 bridgehead atoms. The Kier molecular flexibility index (Phi) is 5.72. The highest BCUT2D eigenvalue weighted by Crippen LogP contribution is 2.35. The van der Waals surface area contributed by atoms with Gasteiger partial charge in [-0.15, -0.1) is 0 Å². The van der Waals surface area contributed by atoms with Crippen molar-refractivity contribution in [3.05, 3.63) is 30.3 Å². The summed E-state index contributed by atoms with van der Waals surface area (Å²) in [6, 6.07) is 9.19. The van der Waals surface area contributed by atoms with Crippen molar-refractivity contribution in [2.24, 2.45) is 11.8 Å². The number of nitrogens with zero attached hydrogens (tertiary/aromatic N) is 1. The van der Waals surface area contributed by atoms with E-state index in [1.54, 1.807) is 12.1 Å². The lowest BCUT2D eigenvalue weighted by Gasteiger charge is -2.41. The number of para-hydroxylation sites is 1. The van der Waals surface area contributed by atoms with Gasteiger partial charge in [-0.1, -0.05) is 37.5 Å². The zero-order valence-electron chi connectivity index (χ0n) is 14.1. The summed E-state index contributed by atoms with van der Waals surface area (Å²) >= 11 is 0. The van der Waals surface area contributed by atoms with Gasteiger partial charge in [0.15, 0.2) is 6.61 Å². The first-order valence-electron chi connectivity index (χ1n) is 8.94. The van der Waals surface area contributed by atoms with Crippen molar-refractivity contribution in [1.29, 1.82) is 0 Å². The monoisotopic (exact) mass is 330 g/mol. The van der Waals surface area contributed by atoms with Gasteiger partial charge in [0.1, 0.15) is 5.75 Å². The van der Waals surface area contributed by atoms with Gasteiger partial charge in [-0.25, -0.2) is 0 Å². The summed E-state index contributed by atoms with van der Waals surface area (Å²) in [5.41, 5.74) is 0. The first-order valence-corrected chi connectivity index (χ1v) is 8.94. The molecule has 130 valence electrons. The fourth-order valence-electron chi connectivity index (χ4n) is 3.83. The molecule has 1 aliphatic heterocycles. The molecule has 3 rings (SSSR count). The van der Waals surface area contributed by atoms with E-state index in [2.05, 4.69) is 5.32 Å². The lowest BCUT2D eigenvalue weighted by atomic mass is 9.75. The SMILES string of the molecule is O=C(COc1ccccc1)NCC(=O)N1CCC2CCCCC2C1. The maximum absolute atomic E-state index is 12.3. The minimum absolute atomic E-state index is 0.0204. The van der Waals surface area contributed by atoms with Crippen LogP contribution in [0.4, 0.5) is 0 Å². The van der Waals surface area contributed by atoms with Gasteiger partial charge in [-0.2, -0.15) is 0 Å². The van der Waals surface area contributed by atoms with E-state index in [-0.39, 0.29) is 25.0 Å². The summed E-state index contributed by atoms with van der Waals surface area (Å²) in [7, 11) is 0. The average Bonchev–Trinajstić information content (AvgIpc) is 2.65. The molecule has 1 N–H and O–H groups in total. The average molecular weight is 330 g/mol. The molecular weight excluding hydrogens is 304 g/mol. The lowest BCUT2D eigenvalue weighted by Crippen LogP contribution is -2.48. The molecule has 1 aromatic rings. The molecule has 2 atom stereocenters. The number of hydrogen-bond donors (Lipinski definition) is 1. The Morgan fingerprint density at radius 2 is 1.83 bits per heavy atom. The van der Waals surface area contributed by atoms with Crippen LogP contribution >= 0.6 is 0 Å². The molecule has 1 saturated heterocycles. The quantitative estimate of drug-likeness (QED) is 0.900. The molecule has 1 heterocycles. The standard InChI is InChI=1S/C19H26N2O3/c22-18(14-24-17-8-2-1-3-9-17)20-12-19(23)21-11-10-15-6-4-5-7-16(15)13-21/h1-3,8-9,15-16H,4-7,10-14H2,(H,20,22). The number of nitrogens with one attached hydrogen (secondary N) is 1. The number of ether oxygens (including phenoxy) is 1. The van der Waals surface area contributed by atoms with Crippen molar-refractivity contribution in [3.8, 4) is 5.75 Å². The van der Waals surface area contributed by atoms with Crippen molar-refractivity contribution < 1.29 is 14.3 Å². The highest BCUT2D eigenvalue weighted by molar-refractivity contribution is 5.85. The number of carbonyl (C=O) groups is 2. The summed E-state index contributed by atoms with van der Waals surface area (Å²) in [5, 5.41) is 2.67. The van der Waals surface area contributed by atoms with Crippen LogP contribution in [0.1, 0.15) is 32.1 Å². The van der Waals surface area contributed by atoms with Crippen molar-refractivity contribution >= 4 is 11.8 Å². The normalized spacial score (nSPS) is 23.2. The van der Waals surface area contributed by atoms with Gasteiger partial charge in [0.2, 0.25) is 5.91 Å². The molecule has 1 aromatic carbocycles. The van der Waals surface area contributed by atoms with Gasteiger partial charge in [0.25, 0.3) is 5.91 Å². The molecule has 2 fully saturated rings. The van der Waals surface area contributed by atoms with Crippen LogP contribution < -0.4 is 10.1 Å². The Hall–Kier alpha value is -2.04.